The number of aryl methyl sites for hydroxylation is 1. The Kier molecular flexibility index (Phi) is 3.75. The van der Waals surface area contributed by atoms with Gasteiger partial charge in [0.05, 0.1) is 6.04 Å². The second-order valence-corrected chi connectivity index (χ2v) is 6.56. The first kappa shape index (κ1) is 15.7. The number of hydrogen-bond acceptors (Lipinski definition) is 4. The SMILES string of the molecule is Cc1c(C(=O)N[C@H](C)c2ccc3c(c2)OCO3)[nH]c2c1C(=O)CCC2. The van der Waals surface area contributed by atoms with Crippen molar-refractivity contribution in [2.24, 2.45) is 0 Å². The van der Waals surface area contributed by atoms with Crippen LogP contribution in [-0.2, 0) is 6.42 Å². The van der Waals surface area contributed by atoms with E-state index in [9.17, 15) is 9.59 Å². The van der Waals surface area contributed by atoms with Crippen LogP contribution in [0, 0.1) is 6.92 Å². The lowest BCUT2D eigenvalue weighted by Crippen LogP contribution is -2.27. The number of nitrogens with one attached hydrogen (secondary N) is 2. The maximum atomic E-state index is 12.7. The van der Waals surface area contributed by atoms with Gasteiger partial charge in [-0.15, -0.1) is 0 Å². The smallest absolute Gasteiger partial charge is 0.268 e. The molecule has 4 rings (SSSR count). The Bertz CT molecular complexity index is 869. The van der Waals surface area contributed by atoms with Gasteiger partial charge in [0.25, 0.3) is 5.91 Å². The third-order valence-electron chi connectivity index (χ3n) is 4.91. The molecule has 1 aliphatic carbocycles. The van der Waals surface area contributed by atoms with Crippen LogP contribution in [0.25, 0.3) is 0 Å². The average molecular weight is 340 g/mol. The molecule has 25 heavy (non-hydrogen) atoms. The van der Waals surface area contributed by atoms with Crippen molar-refractivity contribution >= 4 is 11.7 Å². The minimum Gasteiger partial charge on any atom is -0.454 e. The second-order valence-electron chi connectivity index (χ2n) is 6.56. The van der Waals surface area contributed by atoms with Gasteiger partial charge in [-0.05, 0) is 49.9 Å². The molecule has 2 aliphatic rings. The predicted octanol–water partition coefficient (Wildman–Crippen LogP) is 3.06. The minimum absolute atomic E-state index is 0.123. The fraction of sp³-hybridized carbons (Fsp3) is 0.368. The molecule has 6 nitrogen and oxygen atoms in total. The number of aromatic nitrogens is 1. The van der Waals surface area contributed by atoms with Gasteiger partial charge in [-0.25, -0.2) is 0 Å². The van der Waals surface area contributed by atoms with Crippen molar-refractivity contribution in [1.29, 1.82) is 0 Å². The molecule has 0 fully saturated rings. The summed E-state index contributed by atoms with van der Waals surface area (Å²) in [7, 11) is 0. The first-order chi connectivity index (χ1) is 12.0. The number of carbonyl (C=O) groups excluding carboxylic acids is 2. The van der Waals surface area contributed by atoms with Gasteiger partial charge in [-0.2, -0.15) is 0 Å². The highest BCUT2D eigenvalue weighted by molar-refractivity contribution is 6.04. The number of H-pyrrole nitrogens is 1. The zero-order valence-electron chi connectivity index (χ0n) is 14.3. The van der Waals surface area contributed by atoms with Gasteiger partial charge in [-0.3, -0.25) is 9.59 Å². The molecule has 130 valence electrons. The number of benzene rings is 1. The number of ketones is 1. The first-order valence-electron chi connectivity index (χ1n) is 8.49. The largest absolute Gasteiger partial charge is 0.454 e. The Morgan fingerprint density at radius 3 is 2.84 bits per heavy atom. The molecular formula is C19H20N2O4. The highest BCUT2D eigenvalue weighted by Gasteiger charge is 2.27. The fourth-order valence-electron chi connectivity index (χ4n) is 3.54. The zero-order chi connectivity index (χ0) is 17.6. The summed E-state index contributed by atoms with van der Waals surface area (Å²) in [5.74, 6) is 1.33. The lowest BCUT2D eigenvalue weighted by atomic mass is 9.94. The van der Waals surface area contributed by atoms with Crippen LogP contribution in [0.5, 0.6) is 11.5 Å². The number of rotatable bonds is 3. The quantitative estimate of drug-likeness (QED) is 0.900. The summed E-state index contributed by atoms with van der Waals surface area (Å²) in [6.45, 7) is 3.97. The van der Waals surface area contributed by atoms with Crippen molar-refractivity contribution in [1.82, 2.24) is 10.3 Å². The molecule has 0 unspecified atom stereocenters. The van der Waals surface area contributed by atoms with E-state index in [1.165, 1.54) is 0 Å². The van der Waals surface area contributed by atoms with E-state index in [2.05, 4.69) is 10.3 Å². The summed E-state index contributed by atoms with van der Waals surface area (Å²) in [5, 5.41) is 2.99. The maximum Gasteiger partial charge on any atom is 0.268 e. The number of ether oxygens (including phenoxy) is 2. The summed E-state index contributed by atoms with van der Waals surface area (Å²) in [4.78, 5) is 28.0. The van der Waals surface area contributed by atoms with Gasteiger partial charge >= 0.3 is 0 Å². The van der Waals surface area contributed by atoms with Crippen molar-refractivity contribution in [3.05, 3.63) is 46.3 Å². The Labute approximate surface area is 145 Å². The van der Waals surface area contributed by atoms with Crippen molar-refractivity contribution in [3.63, 3.8) is 0 Å². The summed E-state index contributed by atoms with van der Waals surface area (Å²) in [5.41, 5.74) is 3.74. The molecule has 0 saturated carbocycles. The van der Waals surface area contributed by atoms with Crippen LogP contribution in [0.1, 0.15) is 63.5 Å². The molecular weight excluding hydrogens is 320 g/mol. The van der Waals surface area contributed by atoms with Crippen molar-refractivity contribution in [2.75, 3.05) is 6.79 Å². The lowest BCUT2D eigenvalue weighted by molar-refractivity contribution is 0.0934. The summed E-state index contributed by atoms with van der Waals surface area (Å²) >= 11 is 0. The van der Waals surface area contributed by atoms with E-state index >= 15 is 0 Å². The molecule has 1 aromatic carbocycles. The van der Waals surface area contributed by atoms with E-state index in [4.69, 9.17) is 9.47 Å². The van der Waals surface area contributed by atoms with E-state index in [1.807, 2.05) is 32.0 Å². The van der Waals surface area contributed by atoms with Gasteiger partial charge in [0.15, 0.2) is 17.3 Å². The summed E-state index contributed by atoms with van der Waals surface area (Å²) in [6.07, 6.45) is 2.20. The molecule has 1 atom stereocenters. The highest BCUT2D eigenvalue weighted by atomic mass is 16.7. The van der Waals surface area contributed by atoms with Crippen molar-refractivity contribution in [3.8, 4) is 11.5 Å². The van der Waals surface area contributed by atoms with Crippen LogP contribution in [0.4, 0.5) is 0 Å². The van der Waals surface area contributed by atoms with Crippen LogP contribution in [-0.4, -0.2) is 23.5 Å². The predicted molar refractivity (Wildman–Crippen MR) is 91.2 cm³/mol. The molecule has 1 aromatic heterocycles. The molecule has 2 aromatic rings. The summed E-state index contributed by atoms with van der Waals surface area (Å²) < 4.78 is 10.7. The molecule has 0 spiro atoms. The van der Waals surface area contributed by atoms with E-state index in [0.717, 1.165) is 29.7 Å². The van der Waals surface area contributed by atoms with Gasteiger partial charge in [0, 0.05) is 17.7 Å². The average Bonchev–Trinajstić information content (AvgIpc) is 3.19. The molecule has 1 amide bonds. The molecule has 0 bridgehead atoms. The maximum absolute atomic E-state index is 12.7. The Morgan fingerprint density at radius 2 is 2.04 bits per heavy atom. The third kappa shape index (κ3) is 2.67. The van der Waals surface area contributed by atoms with Crippen LogP contribution in [0.3, 0.4) is 0 Å². The van der Waals surface area contributed by atoms with Crippen molar-refractivity contribution in [2.45, 2.75) is 39.2 Å². The Balaban J connectivity index is 1.55. The third-order valence-corrected chi connectivity index (χ3v) is 4.91. The Morgan fingerprint density at radius 1 is 1.24 bits per heavy atom. The number of hydrogen-bond donors (Lipinski definition) is 2. The second kappa shape index (κ2) is 5.95. The molecule has 2 heterocycles. The standard InChI is InChI=1S/C19H20N2O4/c1-10-17-13(4-3-5-14(17)22)21-18(10)19(23)20-11(2)12-6-7-15-16(8-12)25-9-24-15/h6-8,11,21H,3-5,9H2,1-2H3,(H,20,23)/t11-/m1/s1. The fourth-order valence-corrected chi connectivity index (χ4v) is 3.54. The monoisotopic (exact) mass is 340 g/mol. The normalized spacial score (nSPS) is 16.5. The molecule has 2 N–H and O–H groups in total. The van der Waals surface area contributed by atoms with Gasteiger partial charge in [-0.1, -0.05) is 6.07 Å². The highest BCUT2D eigenvalue weighted by Crippen LogP contribution is 2.34. The van der Waals surface area contributed by atoms with E-state index in [1.54, 1.807) is 0 Å². The lowest BCUT2D eigenvalue weighted by Gasteiger charge is -2.14. The number of amides is 1. The topological polar surface area (TPSA) is 80.4 Å². The van der Waals surface area contributed by atoms with Crippen LogP contribution in [0.15, 0.2) is 18.2 Å². The molecule has 0 saturated heterocycles. The number of fused-ring (bicyclic) bond motifs is 2. The zero-order valence-corrected chi connectivity index (χ0v) is 14.3. The molecule has 6 heteroatoms. The van der Waals surface area contributed by atoms with E-state index in [0.29, 0.717) is 29.2 Å². The summed E-state index contributed by atoms with van der Waals surface area (Å²) in [6, 6.07) is 5.44. The van der Waals surface area contributed by atoms with Crippen LogP contribution >= 0.6 is 0 Å². The van der Waals surface area contributed by atoms with Crippen molar-refractivity contribution < 1.29 is 19.1 Å². The van der Waals surface area contributed by atoms with E-state index < -0.39 is 0 Å². The molecule has 1 aliphatic heterocycles. The van der Waals surface area contributed by atoms with E-state index in [-0.39, 0.29) is 24.5 Å². The number of Topliss-reactive ketones (excluding diaryl/α,β-unsaturated/α-hetero) is 1. The van der Waals surface area contributed by atoms with Crippen LogP contribution in [0.2, 0.25) is 0 Å². The first-order valence-corrected chi connectivity index (χ1v) is 8.49. The molecule has 0 radical (unpaired) electrons. The number of carbonyl (C=O) groups is 2. The Hall–Kier alpha value is -2.76. The number of aromatic amines is 1. The van der Waals surface area contributed by atoms with Gasteiger partial charge in [0.1, 0.15) is 5.69 Å². The minimum atomic E-state index is -0.204. The van der Waals surface area contributed by atoms with Crippen LogP contribution < -0.4 is 14.8 Å². The van der Waals surface area contributed by atoms with Gasteiger partial charge in [0.2, 0.25) is 6.79 Å². The van der Waals surface area contributed by atoms with Gasteiger partial charge < -0.3 is 19.8 Å².